The minimum Gasteiger partial charge on any atom is -0.363 e. The quantitative estimate of drug-likeness (QED) is 0.845. The van der Waals surface area contributed by atoms with Crippen LogP contribution in [0.3, 0.4) is 0 Å². The summed E-state index contributed by atoms with van der Waals surface area (Å²) in [6.45, 7) is 1.67. The second-order valence-corrected chi connectivity index (χ2v) is 3.33. The zero-order valence-electron chi connectivity index (χ0n) is 8.53. The molecule has 82 valence electrons. The first-order chi connectivity index (χ1) is 7.66. The standard InChI is InChI=1S/C11H9FN2O2/c1-7-4-8(12)2-3-10(7)11(15)14-9-5-13-16-6-9/h2-6H,1H3,(H,14,15). The Morgan fingerprint density at radius 2 is 2.31 bits per heavy atom. The number of benzene rings is 1. The Kier molecular flexibility index (Phi) is 2.68. The Labute approximate surface area is 91.1 Å². The van der Waals surface area contributed by atoms with Crippen LogP contribution in [0.4, 0.5) is 10.1 Å². The third-order valence-corrected chi connectivity index (χ3v) is 2.12. The van der Waals surface area contributed by atoms with Gasteiger partial charge in [0.1, 0.15) is 17.8 Å². The fraction of sp³-hybridized carbons (Fsp3) is 0.0909. The Morgan fingerprint density at radius 3 is 2.94 bits per heavy atom. The molecule has 0 bridgehead atoms. The van der Waals surface area contributed by atoms with E-state index in [1.807, 2.05) is 0 Å². The van der Waals surface area contributed by atoms with Crippen molar-refractivity contribution in [3.63, 3.8) is 0 Å². The van der Waals surface area contributed by atoms with Crippen molar-refractivity contribution >= 4 is 11.6 Å². The number of carbonyl (C=O) groups excluding carboxylic acids is 1. The molecule has 2 rings (SSSR count). The van der Waals surface area contributed by atoms with E-state index in [0.717, 1.165) is 0 Å². The van der Waals surface area contributed by atoms with Gasteiger partial charge in [-0.15, -0.1) is 0 Å². The molecule has 0 atom stereocenters. The second kappa shape index (κ2) is 4.14. The Bertz CT molecular complexity index is 509. The number of aryl methyl sites for hydroxylation is 1. The van der Waals surface area contributed by atoms with Crippen LogP contribution in [-0.2, 0) is 0 Å². The van der Waals surface area contributed by atoms with Gasteiger partial charge in [0.2, 0.25) is 0 Å². The van der Waals surface area contributed by atoms with Gasteiger partial charge < -0.3 is 9.84 Å². The summed E-state index contributed by atoms with van der Waals surface area (Å²) in [7, 11) is 0. The van der Waals surface area contributed by atoms with Crippen LogP contribution in [0.25, 0.3) is 0 Å². The number of aromatic nitrogens is 1. The van der Waals surface area contributed by atoms with E-state index >= 15 is 0 Å². The largest absolute Gasteiger partial charge is 0.363 e. The minimum absolute atomic E-state index is 0.319. The van der Waals surface area contributed by atoms with Gasteiger partial charge in [-0.05, 0) is 30.7 Å². The van der Waals surface area contributed by atoms with Crippen molar-refractivity contribution in [2.45, 2.75) is 6.92 Å². The SMILES string of the molecule is Cc1cc(F)ccc1C(=O)Nc1cnoc1. The van der Waals surface area contributed by atoms with Gasteiger partial charge in [0.25, 0.3) is 5.91 Å². The molecule has 0 unspecified atom stereocenters. The fourth-order valence-corrected chi connectivity index (χ4v) is 1.35. The average Bonchev–Trinajstić information content (AvgIpc) is 2.70. The van der Waals surface area contributed by atoms with Crippen molar-refractivity contribution in [1.82, 2.24) is 5.16 Å². The highest BCUT2D eigenvalue weighted by Gasteiger charge is 2.10. The molecule has 0 saturated carbocycles. The number of hydrogen-bond acceptors (Lipinski definition) is 3. The van der Waals surface area contributed by atoms with Gasteiger partial charge in [0.15, 0.2) is 0 Å². The molecule has 0 aliphatic carbocycles. The van der Waals surface area contributed by atoms with Crippen LogP contribution in [0, 0.1) is 12.7 Å². The highest BCUT2D eigenvalue weighted by atomic mass is 19.1. The number of halogens is 1. The highest BCUT2D eigenvalue weighted by Crippen LogP contribution is 2.13. The summed E-state index contributed by atoms with van der Waals surface area (Å²) in [4.78, 5) is 11.7. The molecular weight excluding hydrogens is 211 g/mol. The van der Waals surface area contributed by atoms with Crippen molar-refractivity contribution < 1.29 is 13.7 Å². The molecule has 2 aromatic rings. The van der Waals surface area contributed by atoms with Crippen LogP contribution < -0.4 is 5.32 Å². The average molecular weight is 220 g/mol. The molecule has 5 heteroatoms. The predicted octanol–water partition coefficient (Wildman–Crippen LogP) is 2.37. The maximum Gasteiger partial charge on any atom is 0.256 e. The fourth-order valence-electron chi connectivity index (χ4n) is 1.35. The van der Waals surface area contributed by atoms with Crippen LogP contribution >= 0.6 is 0 Å². The number of hydrogen-bond donors (Lipinski definition) is 1. The zero-order chi connectivity index (χ0) is 11.5. The first kappa shape index (κ1) is 10.4. The third-order valence-electron chi connectivity index (χ3n) is 2.12. The summed E-state index contributed by atoms with van der Waals surface area (Å²) < 4.78 is 17.4. The molecule has 0 aliphatic rings. The lowest BCUT2D eigenvalue weighted by atomic mass is 10.1. The van der Waals surface area contributed by atoms with Crippen LogP contribution in [0.15, 0.2) is 35.2 Å². The normalized spacial score (nSPS) is 10.1. The van der Waals surface area contributed by atoms with Crippen molar-refractivity contribution in [1.29, 1.82) is 0 Å². The predicted molar refractivity (Wildman–Crippen MR) is 55.6 cm³/mol. The van der Waals surface area contributed by atoms with Crippen LogP contribution in [0.1, 0.15) is 15.9 Å². The molecule has 4 nitrogen and oxygen atoms in total. The minimum atomic E-state index is -0.362. The van der Waals surface area contributed by atoms with Crippen molar-refractivity contribution in [3.05, 3.63) is 47.6 Å². The molecule has 0 radical (unpaired) electrons. The third kappa shape index (κ3) is 2.08. The lowest BCUT2D eigenvalue weighted by Crippen LogP contribution is -2.12. The second-order valence-electron chi connectivity index (χ2n) is 3.33. The zero-order valence-corrected chi connectivity index (χ0v) is 8.53. The van der Waals surface area contributed by atoms with E-state index in [-0.39, 0.29) is 11.7 Å². The van der Waals surface area contributed by atoms with Gasteiger partial charge in [-0.25, -0.2) is 4.39 Å². The monoisotopic (exact) mass is 220 g/mol. The van der Waals surface area contributed by atoms with E-state index in [4.69, 9.17) is 0 Å². The number of nitrogens with zero attached hydrogens (tertiary/aromatic N) is 1. The number of amides is 1. The van der Waals surface area contributed by atoms with Crippen molar-refractivity contribution in [2.24, 2.45) is 0 Å². The maximum atomic E-state index is 12.8. The summed E-state index contributed by atoms with van der Waals surface area (Å²) in [5, 5.41) is 6.04. The lowest BCUT2D eigenvalue weighted by molar-refractivity contribution is 0.102. The van der Waals surface area contributed by atoms with Crippen LogP contribution in [-0.4, -0.2) is 11.1 Å². The first-order valence-corrected chi connectivity index (χ1v) is 4.63. The van der Waals surface area contributed by atoms with E-state index in [1.165, 1.54) is 30.7 Å². The molecule has 1 amide bonds. The van der Waals surface area contributed by atoms with E-state index in [2.05, 4.69) is 15.0 Å². The van der Waals surface area contributed by atoms with Gasteiger partial charge in [-0.3, -0.25) is 4.79 Å². The smallest absolute Gasteiger partial charge is 0.256 e. The van der Waals surface area contributed by atoms with Crippen LogP contribution in [0.2, 0.25) is 0 Å². The van der Waals surface area contributed by atoms with E-state index in [0.29, 0.717) is 16.8 Å². The number of rotatable bonds is 2. The van der Waals surface area contributed by atoms with Gasteiger partial charge >= 0.3 is 0 Å². The molecule has 1 heterocycles. The lowest BCUT2D eigenvalue weighted by Gasteiger charge is -2.05. The Morgan fingerprint density at radius 1 is 1.50 bits per heavy atom. The molecule has 0 saturated heterocycles. The first-order valence-electron chi connectivity index (χ1n) is 4.63. The molecule has 1 N–H and O–H groups in total. The molecule has 0 fully saturated rings. The summed E-state index contributed by atoms with van der Waals surface area (Å²) in [5.74, 6) is -0.681. The summed E-state index contributed by atoms with van der Waals surface area (Å²) in [6, 6.07) is 3.99. The molecule has 0 spiro atoms. The van der Waals surface area contributed by atoms with Gasteiger partial charge in [0, 0.05) is 5.56 Å². The highest BCUT2D eigenvalue weighted by molar-refractivity contribution is 6.05. The Hall–Kier alpha value is -2.17. The summed E-state index contributed by atoms with van der Waals surface area (Å²) in [6.07, 6.45) is 2.70. The molecule has 1 aromatic heterocycles. The van der Waals surface area contributed by atoms with Gasteiger partial charge in [-0.2, -0.15) is 0 Å². The topological polar surface area (TPSA) is 55.1 Å². The van der Waals surface area contributed by atoms with Crippen LogP contribution in [0.5, 0.6) is 0 Å². The molecule has 1 aromatic carbocycles. The number of nitrogens with one attached hydrogen (secondary N) is 1. The van der Waals surface area contributed by atoms with E-state index in [1.54, 1.807) is 6.92 Å². The maximum absolute atomic E-state index is 12.8. The van der Waals surface area contributed by atoms with Gasteiger partial charge in [-0.1, -0.05) is 5.16 Å². The van der Waals surface area contributed by atoms with Crippen molar-refractivity contribution in [3.8, 4) is 0 Å². The number of anilines is 1. The van der Waals surface area contributed by atoms with E-state index < -0.39 is 0 Å². The molecule has 16 heavy (non-hydrogen) atoms. The Balaban J connectivity index is 2.21. The van der Waals surface area contributed by atoms with E-state index in [9.17, 15) is 9.18 Å². The summed E-state index contributed by atoms with van der Waals surface area (Å²) >= 11 is 0. The number of carbonyl (C=O) groups is 1. The summed E-state index contributed by atoms with van der Waals surface area (Å²) in [5.41, 5.74) is 1.46. The van der Waals surface area contributed by atoms with Gasteiger partial charge in [0.05, 0.1) is 6.20 Å². The molecular formula is C11H9FN2O2. The molecule has 0 aliphatic heterocycles. The van der Waals surface area contributed by atoms with Crippen molar-refractivity contribution in [2.75, 3.05) is 5.32 Å².